The van der Waals surface area contributed by atoms with E-state index in [0.717, 1.165) is 5.56 Å². The van der Waals surface area contributed by atoms with Crippen molar-refractivity contribution >= 4 is 38.4 Å². The highest BCUT2D eigenvalue weighted by Crippen LogP contribution is 2.26. The Hall–Kier alpha value is -2.34. The van der Waals surface area contributed by atoms with E-state index in [2.05, 4.69) is 25.9 Å². The number of H-pyrrole nitrogens is 2. The van der Waals surface area contributed by atoms with Crippen LogP contribution in [0.4, 0.5) is 5.69 Å². The summed E-state index contributed by atoms with van der Waals surface area (Å²) >= 11 is 3.38. The van der Waals surface area contributed by atoms with Gasteiger partial charge in [0.05, 0.1) is 11.0 Å². The first-order valence-corrected chi connectivity index (χ1v) is 7.07. The fraction of sp³-hybridized carbons (Fsp3) is 0.0667. The molecule has 0 radical (unpaired) electrons. The minimum absolute atomic E-state index is 0.143. The molecule has 0 aliphatic carbocycles. The third-order valence-corrected chi connectivity index (χ3v) is 4.01. The van der Waals surface area contributed by atoms with E-state index in [1.165, 1.54) is 0 Å². The molecule has 3 aromatic rings. The van der Waals surface area contributed by atoms with Crippen LogP contribution < -0.4 is 11.4 Å². The smallest absolute Gasteiger partial charge is 0.323 e. The van der Waals surface area contributed by atoms with Gasteiger partial charge in [-0.25, -0.2) is 4.79 Å². The lowest BCUT2D eigenvalue weighted by Gasteiger charge is -2.08. The SMILES string of the molecule is Cc1ccc(N)cc1C(=O)c1cc2[nH]c(=O)[nH]c2cc1Br. The Morgan fingerprint density at radius 3 is 2.48 bits per heavy atom. The lowest BCUT2D eigenvalue weighted by molar-refractivity contribution is 0.103. The van der Waals surface area contributed by atoms with Crippen LogP contribution in [0.3, 0.4) is 0 Å². The number of carbonyl (C=O) groups is 1. The van der Waals surface area contributed by atoms with Crippen LogP contribution in [0.15, 0.2) is 39.6 Å². The van der Waals surface area contributed by atoms with Gasteiger partial charge in [0.1, 0.15) is 0 Å². The molecule has 5 nitrogen and oxygen atoms in total. The molecule has 106 valence electrons. The van der Waals surface area contributed by atoms with Crippen LogP contribution in [0.5, 0.6) is 0 Å². The van der Waals surface area contributed by atoms with E-state index in [0.29, 0.717) is 32.3 Å². The number of anilines is 1. The number of ketones is 1. The van der Waals surface area contributed by atoms with Gasteiger partial charge in [0.15, 0.2) is 5.78 Å². The first-order chi connectivity index (χ1) is 9.95. The maximum absolute atomic E-state index is 12.7. The largest absolute Gasteiger partial charge is 0.399 e. The number of aromatic amines is 2. The van der Waals surface area contributed by atoms with E-state index >= 15 is 0 Å². The maximum atomic E-state index is 12.7. The van der Waals surface area contributed by atoms with Gasteiger partial charge in [-0.15, -0.1) is 0 Å². The number of aryl methyl sites for hydroxylation is 1. The van der Waals surface area contributed by atoms with E-state index < -0.39 is 0 Å². The molecule has 0 spiro atoms. The second-order valence-corrected chi connectivity index (χ2v) is 5.71. The van der Waals surface area contributed by atoms with Gasteiger partial charge in [-0.3, -0.25) is 4.79 Å². The minimum atomic E-state index is -0.304. The number of rotatable bonds is 2. The van der Waals surface area contributed by atoms with Crippen LogP contribution in [0.2, 0.25) is 0 Å². The van der Waals surface area contributed by atoms with Crippen molar-refractivity contribution in [3.63, 3.8) is 0 Å². The van der Waals surface area contributed by atoms with E-state index in [-0.39, 0.29) is 11.5 Å². The molecular weight excluding hydrogens is 334 g/mol. The Labute approximate surface area is 128 Å². The number of nitrogens with two attached hydrogens (primary N) is 1. The number of benzene rings is 2. The van der Waals surface area contributed by atoms with E-state index in [4.69, 9.17) is 5.73 Å². The topological polar surface area (TPSA) is 91.7 Å². The van der Waals surface area contributed by atoms with Gasteiger partial charge < -0.3 is 15.7 Å². The van der Waals surface area contributed by atoms with Crippen LogP contribution >= 0.6 is 15.9 Å². The zero-order chi connectivity index (χ0) is 15.1. The van der Waals surface area contributed by atoms with Gasteiger partial charge in [-0.2, -0.15) is 0 Å². The third kappa shape index (κ3) is 2.38. The van der Waals surface area contributed by atoms with Crippen LogP contribution in [-0.2, 0) is 0 Å². The zero-order valence-corrected chi connectivity index (χ0v) is 12.7. The van der Waals surface area contributed by atoms with Crippen LogP contribution in [0, 0.1) is 6.92 Å². The van der Waals surface area contributed by atoms with Crippen LogP contribution in [0.25, 0.3) is 11.0 Å². The van der Waals surface area contributed by atoms with Crippen molar-refractivity contribution < 1.29 is 4.79 Å². The van der Waals surface area contributed by atoms with Crippen molar-refractivity contribution in [3.05, 3.63) is 62.0 Å². The van der Waals surface area contributed by atoms with Crippen molar-refractivity contribution in [1.82, 2.24) is 9.97 Å². The Morgan fingerprint density at radius 1 is 1.10 bits per heavy atom. The third-order valence-electron chi connectivity index (χ3n) is 3.35. The summed E-state index contributed by atoms with van der Waals surface area (Å²) in [5.41, 5.74) is 9.11. The normalized spacial score (nSPS) is 11.0. The molecule has 1 heterocycles. The molecule has 21 heavy (non-hydrogen) atoms. The molecule has 3 rings (SSSR count). The predicted molar refractivity (Wildman–Crippen MR) is 85.6 cm³/mol. The van der Waals surface area contributed by atoms with Crippen LogP contribution in [0.1, 0.15) is 21.5 Å². The highest BCUT2D eigenvalue weighted by atomic mass is 79.9. The number of hydrogen-bond donors (Lipinski definition) is 3. The van der Waals surface area contributed by atoms with Crippen LogP contribution in [-0.4, -0.2) is 15.8 Å². The molecular formula is C15H12BrN3O2. The summed E-state index contributed by atoms with van der Waals surface area (Å²) in [4.78, 5) is 29.3. The van der Waals surface area contributed by atoms with Gasteiger partial charge in [-0.05, 0) is 52.7 Å². The highest BCUT2D eigenvalue weighted by molar-refractivity contribution is 9.10. The number of hydrogen-bond acceptors (Lipinski definition) is 3. The Morgan fingerprint density at radius 2 is 1.76 bits per heavy atom. The molecule has 0 aliphatic rings. The molecule has 6 heteroatoms. The number of imidazole rings is 1. The maximum Gasteiger partial charge on any atom is 0.323 e. The molecule has 1 aromatic heterocycles. The van der Waals surface area contributed by atoms with E-state index in [1.54, 1.807) is 24.3 Å². The fourth-order valence-electron chi connectivity index (χ4n) is 2.26. The monoisotopic (exact) mass is 345 g/mol. The summed E-state index contributed by atoms with van der Waals surface area (Å²) in [6.45, 7) is 1.86. The van der Waals surface area contributed by atoms with Crippen molar-refractivity contribution in [3.8, 4) is 0 Å². The summed E-state index contributed by atoms with van der Waals surface area (Å²) in [6.07, 6.45) is 0. The Bertz CT molecular complexity index is 924. The number of nitrogen functional groups attached to an aromatic ring is 1. The number of carbonyl (C=O) groups excluding carboxylic acids is 1. The lowest BCUT2D eigenvalue weighted by atomic mass is 9.98. The average Bonchev–Trinajstić information content (AvgIpc) is 2.79. The minimum Gasteiger partial charge on any atom is -0.399 e. The lowest BCUT2D eigenvalue weighted by Crippen LogP contribution is -2.05. The quantitative estimate of drug-likeness (QED) is 0.492. The number of aromatic nitrogens is 2. The molecule has 0 amide bonds. The molecule has 4 N–H and O–H groups in total. The number of fused-ring (bicyclic) bond motifs is 1. The standard InChI is InChI=1S/C15H12BrN3O2/c1-7-2-3-8(17)4-9(7)14(20)10-5-12-13(6-11(10)16)19-15(21)18-12/h2-6H,17H2,1H3,(H2,18,19,21). The zero-order valence-electron chi connectivity index (χ0n) is 11.2. The Kier molecular flexibility index (Phi) is 3.17. The van der Waals surface area contributed by atoms with E-state index in [9.17, 15) is 9.59 Å². The molecule has 0 fully saturated rings. The first kappa shape index (κ1) is 13.6. The van der Waals surface area contributed by atoms with Gasteiger partial charge in [0, 0.05) is 21.3 Å². The molecule has 0 saturated heterocycles. The summed E-state index contributed by atoms with van der Waals surface area (Å²) in [5, 5.41) is 0. The van der Waals surface area contributed by atoms with E-state index in [1.807, 2.05) is 13.0 Å². The molecule has 0 saturated carbocycles. The molecule has 2 aromatic carbocycles. The van der Waals surface area contributed by atoms with Crippen molar-refractivity contribution in [1.29, 1.82) is 0 Å². The molecule has 0 atom stereocenters. The molecule has 0 unspecified atom stereocenters. The van der Waals surface area contributed by atoms with Gasteiger partial charge >= 0.3 is 5.69 Å². The number of nitrogens with one attached hydrogen (secondary N) is 2. The van der Waals surface area contributed by atoms with Crippen molar-refractivity contribution in [2.24, 2.45) is 0 Å². The Balaban J connectivity index is 2.19. The summed E-state index contributed by atoms with van der Waals surface area (Å²) < 4.78 is 0.622. The van der Waals surface area contributed by atoms with Gasteiger partial charge in [0.25, 0.3) is 0 Å². The summed E-state index contributed by atoms with van der Waals surface area (Å²) in [6, 6.07) is 8.60. The summed E-state index contributed by atoms with van der Waals surface area (Å²) in [5.74, 6) is -0.143. The second kappa shape index (κ2) is 4.89. The predicted octanol–water partition coefficient (Wildman–Crippen LogP) is 2.74. The van der Waals surface area contributed by atoms with Crippen molar-refractivity contribution in [2.75, 3.05) is 5.73 Å². The van der Waals surface area contributed by atoms with Crippen molar-refractivity contribution in [2.45, 2.75) is 6.92 Å². The first-order valence-electron chi connectivity index (χ1n) is 6.28. The summed E-state index contributed by atoms with van der Waals surface area (Å²) in [7, 11) is 0. The second-order valence-electron chi connectivity index (χ2n) is 4.86. The highest BCUT2D eigenvalue weighted by Gasteiger charge is 2.16. The van der Waals surface area contributed by atoms with Gasteiger partial charge in [0.2, 0.25) is 0 Å². The number of halogens is 1. The molecule has 0 aliphatic heterocycles. The average molecular weight is 346 g/mol. The van der Waals surface area contributed by atoms with Gasteiger partial charge in [-0.1, -0.05) is 6.07 Å². The fourth-order valence-corrected chi connectivity index (χ4v) is 2.78. The molecule has 0 bridgehead atoms.